The Labute approximate surface area is 85.3 Å². The number of aromatic nitrogens is 1. The van der Waals surface area contributed by atoms with Gasteiger partial charge in [-0.3, -0.25) is 14.4 Å². The maximum absolute atomic E-state index is 11.7. The zero-order valence-corrected chi connectivity index (χ0v) is 8.38. The second kappa shape index (κ2) is 3.56. The monoisotopic (exact) mass is 209 g/mol. The molecule has 0 aliphatic heterocycles. The average Bonchev–Trinajstić information content (AvgIpc) is 1.99. The summed E-state index contributed by atoms with van der Waals surface area (Å²) in [7, 11) is 0. The summed E-state index contributed by atoms with van der Waals surface area (Å²) < 4.78 is 0. The Kier molecular flexibility index (Phi) is 2.61. The third kappa shape index (κ3) is 1.74. The van der Waals surface area contributed by atoms with E-state index in [0.29, 0.717) is 11.4 Å². The van der Waals surface area contributed by atoms with Gasteiger partial charge in [0.25, 0.3) is 11.8 Å². The lowest BCUT2D eigenvalue weighted by Gasteiger charge is -2.06. The first-order valence-corrected chi connectivity index (χ1v) is 4.19. The molecule has 0 fully saturated rings. The van der Waals surface area contributed by atoms with Crippen LogP contribution in [0.2, 0.25) is 0 Å². The van der Waals surface area contributed by atoms with Crippen LogP contribution in [0, 0.1) is 13.8 Å². The van der Waals surface area contributed by atoms with Crippen LogP contribution in [0.15, 0.2) is 4.79 Å². The van der Waals surface area contributed by atoms with Gasteiger partial charge in [-0.25, -0.2) is 0 Å². The highest BCUT2D eigenvalue weighted by atomic mass is 16.2. The number of nitrogens with two attached hydrogens (primary N) is 2. The highest BCUT2D eigenvalue weighted by molar-refractivity contribution is 5.99. The number of aryl methyl sites for hydroxylation is 2. The van der Waals surface area contributed by atoms with E-state index in [4.69, 9.17) is 11.5 Å². The number of pyridine rings is 1. The molecule has 0 bridgehead atoms. The van der Waals surface area contributed by atoms with Gasteiger partial charge in [-0.15, -0.1) is 0 Å². The van der Waals surface area contributed by atoms with E-state index in [1.54, 1.807) is 0 Å². The smallest absolute Gasteiger partial charge is 0.254 e. The van der Waals surface area contributed by atoms with Crippen LogP contribution in [0.1, 0.15) is 32.1 Å². The number of aromatic amines is 1. The molecule has 6 heteroatoms. The van der Waals surface area contributed by atoms with Crippen LogP contribution < -0.4 is 16.9 Å². The van der Waals surface area contributed by atoms with Crippen LogP contribution in [-0.4, -0.2) is 16.8 Å². The zero-order chi connectivity index (χ0) is 11.7. The molecule has 0 saturated carbocycles. The van der Waals surface area contributed by atoms with Crippen LogP contribution >= 0.6 is 0 Å². The SMILES string of the molecule is Cc1[nH]c(C)c(C(N)=O)c(=O)c1C(N)=O. The number of hydrogen-bond acceptors (Lipinski definition) is 3. The molecule has 1 aromatic rings. The Morgan fingerprint density at radius 3 is 1.60 bits per heavy atom. The molecule has 1 heterocycles. The molecular weight excluding hydrogens is 198 g/mol. The van der Waals surface area contributed by atoms with E-state index in [1.807, 2.05) is 0 Å². The summed E-state index contributed by atoms with van der Waals surface area (Å²) in [4.78, 5) is 36.3. The normalized spacial score (nSPS) is 10.0. The number of carbonyl (C=O) groups excluding carboxylic acids is 2. The van der Waals surface area contributed by atoms with Gasteiger partial charge in [0.2, 0.25) is 5.43 Å². The molecule has 0 spiro atoms. The van der Waals surface area contributed by atoms with Crippen LogP contribution in [0.5, 0.6) is 0 Å². The van der Waals surface area contributed by atoms with Crippen LogP contribution in [0.4, 0.5) is 0 Å². The topological polar surface area (TPSA) is 119 Å². The summed E-state index contributed by atoms with van der Waals surface area (Å²) >= 11 is 0. The Morgan fingerprint density at radius 2 is 1.33 bits per heavy atom. The summed E-state index contributed by atoms with van der Waals surface area (Å²) in [5, 5.41) is 0. The van der Waals surface area contributed by atoms with Crippen LogP contribution in [-0.2, 0) is 0 Å². The molecule has 1 aromatic heterocycles. The van der Waals surface area contributed by atoms with E-state index in [9.17, 15) is 14.4 Å². The second-order valence-electron chi connectivity index (χ2n) is 3.18. The largest absolute Gasteiger partial charge is 0.365 e. The number of primary amides is 2. The third-order valence-electron chi connectivity index (χ3n) is 2.07. The van der Waals surface area contributed by atoms with Crippen molar-refractivity contribution in [2.45, 2.75) is 13.8 Å². The van der Waals surface area contributed by atoms with Crippen LogP contribution in [0.3, 0.4) is 0 Å². The standard InChI is InChI=1S/C9H11N3O3/c1-3-5(8(10)14)7(13)6(9(11)15)4(2)12-3/h1-2H3,(H2,10,14)(H2,11,15)(H,12,13). The number of H-pyrrole nitrogens is 1. The van der Waals surface area contributed by atoms with Gasteiger partial charge < -0.3 is 16.5 Å². The van der Waals surface area contributed by atoms with Gasteiger partial charge in [-0.05, 0) is 13.8 Å². The number of nitrogens with one attached hydrogen (secondary N) is 1. The summed E-state index contributed by atoms with van der Waals surface area (Å²) in [5.74, 6) is -1.76. The Bertz CT molecular complexity index is 461. The predicted octanol–water partition coefficient (Wildman–Crippen LogP) is -0.810. The van der Waals surface area contributed by atoms with Crippen LogP contribution in [0.25, 0.3) is 0 Å². The Morgan fingerprint density at radius 1 is 1.00 bits per heavy atom. The van der Waals surface area contributed by atoms with E-state index in [0.717, 1.165) is 0 Å². The Balaban J connectivity index is 3.72. The predicted molar refractivity (Wildman–Crippen MR) is 53.6 cm³/mol. The second-order valence-corrected chi connectivity index (χ2v) is 3.18. The molecule has 80 valence electrons. The fourth-order valence-corrected chi connectivity index (χ4v) is 1.47. The molecule has 0 aliphatic rings. The highest BCUT2D eigenvalue weighted by Gasteiger charge is 2.19. The lowest BCUT2D eigenvalue weighted by molar-refractivity contribution is 0.0998. The van der Waals surface area contributed by atoms with Crippen molar-refractivity contribution in [2.24, 2.45) is 11.5 Å². The maximum atomic E-state index is 11.7. The fraction of sp³-hybridized carbons (Fsp3) is 0.222. The lowest BCUT2D eigenvalue weighted by Crippen LogP contribution is -2.32. The fourth-order valence-electron chi connectivity index (χ4n) is 1.47. The van der Waals surface area contributed by atoms with Crippen molar-refractivity contribution < 1.29 is 9.59 Å². The van der Waals surface area contributed by atoms with Gasteiger partial charge >= 0.3 is 0 Å². The van der Waals surface area contributed by atoms with Crippen molar-refractivity contribution in [3.05, 3.63) is 32.7 Å². The summed E-state index contributed by atoms with van der Waals surface area (Å²) in [6.07, 6.45) is 0. The molecule has 0 saturated heterocycles. The summed E-state index contributed by atoms with van der Waals surface area (Å²) in [5.41, 5.74) is 9.53. The minimum absolute atomic E-state index is 0.227. The molecule has 0 radical (unpaired) electrons. The number of rotatable bonds is 2. The first-order valence-electron chi connectivity index (χ1n) is 4.19. The van der Waals surface area contributed by atoms with Gasteiger partial charge in [0.1, 0.15) is 11.1 Å². The molecule has 0 atom stereocenters. The third-order valence-corrected chi connectivity index (χ3v) is 2.07. The molecular formula is C9H11N3O3. The molecule has 1 rings (SSSR count). The van der Waals surface area contributed by atoms with Crippen molar-refractivity contribution in [1.82, 2.24) is 4.98 Å². The quantitative estimate of drug-likeness (QED) is 0.590. The van der Waals surface area contributed by atoms with Crippen molar-refractivity contribution in [1.29, 1.82) is 0 Å². The number of hydrogen-bond donors (Lipinski definition) is 3. The van der Waals surface area contributed by atoms with Crippen molar-refractivity contribution in [3.8, 4) is 0 Å². The molecule has 0 unspecified atom stereocenters. The summed E-state index contributed by atoms with van der Waals surface area (Å²) in [6, 6.07) is 0. The molecule has 0 aromatic carbocycles. The Hall–Kier alpha value is -2.11. The van der Waals surface area contributed by atoms with Crippen molar-refractivity contribution in [3.63, 3.8) is 0 Å². The van der Waals surface area contributed by atoms with E-state index < -0.39 is 17.2 Å². The number of amides is 2. The van der Waals surface area contributed by atoms with Crippen molar-refractivity contribution in [2.75, 3.05) is 0 Å². The molecule has 15 heavy (non-hydrogen) atoms. The molecule has 0 aliphatic carbocycles. The maximum Gasteiger partial charge on any atom is 0.254 e. The highest BCUT2D eigenvalue weighted by Crippen LogP contribution is 2.05. The van der Waals surface area contributed by atoms with E-state index >= 15 is 0 Å². The number of carbonyl (C=O) groups is 2. The van der Waals surface area contributed by atoms with E-state index in [2.05, 4.69) is 4.98 Å². The van der Waals surface area contributed by atoms with Gasteiger partial charge in [-0.1, -0.05) is 0 Å². The van der Waals surface area contributed by atoms with Gasteiger partial charge in [0.15, 0.2) is 0 Å². The first-order chi connectivity index (χ1) is 6.86. The molecule has 6 nitrogen and oxygen atoms in total. The van der Waals surface area contributed by atoms with Gasteiger partial charge in [0.05, 0.1) is 0 Å². The molecule has 5 N–H and O–H groups in total. The minimum Gasteiger partial charge on any atom is -0.365 e. The first kappa shape index (κ1) is 11.0. The van der Waals surface area contributed by atoms with Gasteiger partial charge in [-0.2, -0.15) is 0 Å². The van der Waals surface area contributed by atoms with Gasteiger partial charge in [0, 0.05) is 11.4 Å². The average molecular weight is 209 g/mol. The van der Waals surface area contributed by atoms with E-state index in [1.165, 1.54) is 13.8 Å². The summed E-state index contributed by atoms with van der Waals surface area (Å²) in [6.45, 7) is 3.05. The minimum atomic E-state index is -0.878. The van der Waals surface area contributed by atoms with Crippen molar-refractivity contribution >= 4 is 11.8 Å². The lowest BCUT2D eigenvalue weighted by atomic mass is 10.1. The zero-order valence-electron chi connectivity index (χ0n) is 8.38. The van der Waals surface area contributed by atoms with E-state index in [-0.39, 0.29) is 11.1 Å². The molecule has 2 amide bonds.